The second-order valence-electron chi connectivity index (χ2n) is 7.93. The smallest absolute Gasteiger partial charge is 0.271 e. The van der Waals surface area contributed by atoms with Gasteiger partial charge in [0.1, 0.15) is 17.8 Å². The first-order valence-electron chi connectivity index (χ1n) is 10.1. The van der Waals surface area contributed by atoms with Crippen molar-refractivity contribution in [3.8, 4) is 28.4 Å². The Morgan fingerprint density at radius 2 is 1.97 bits per heavy atom. The number of rotatable bonds is 8. The quantitative estimate of drug-likeness (QED) is 0.459. The van der Waals surface area contributed by atoms with Crippen LogP contribution in [0.2, 0.25) is 0 Å². The van der Waals surface area contributed by atoms with E-state index >= 15 is 0 Å². The first kappa shape index (κ1) is 23.5. The van der Waals surface area contributed by atoms with Gasteiger partial charge in [-0.2, -0.15) is 0 Å². The Balaban J connectivity index is 2.09. The number of aliphatic hydroxyl groups excluding tert-OH is 1. The number of nitrogens with one attached hydrogen (secondary N) is 2. The molecule has 0 bridgehead atoms. The van der Waals surface area contributed by atoms with Crippen molar-refractivity contribution in [1.29, 1.82) is 0 Å². The predicted molar refractivity (Wildman–Crippen MR) is 117 cm³/mol. The van der Waals surface area contributed by atoms with E-state index in [4.69, 9.17) is 4.74 Å². The molecule has 1 atom stereocenters. The standard InChI is InChI=1S/C23H26F2N4O3/c1-13(2)22(31)27-10-14-5-6-18(23(3,24)25)17(7-14)21-28-19(9-20(30)29-21)15-8-16(32-4)12-26-11-15/h5-9,11-13,22,27,31H,10H2,1-4H3,(H,28,29,30). The Morgan fingerprint density at radius 1 is 1.22 bits per heavy atom. The molecule has 0 spiro atoms. The third-order valence-electron chi connectivity index (χ3n) is 4.95. The summed E-state index contributed by atoms with van der Waals surface area (Å²) in [6.07, 6.45) is 2.28. The summed E-state index contributed by atoms with van der Waals surface area (Å²) >= 11 is 0. The molecule has 2 aromatic heterocycles. The van der Waals surface area contributed by atoms with E-state index in [2.05, 4.69) is 20.3 Å². The molecule has 7 nitrogen and oxygen atoms in total. The Morgan fingerprint density at radius 3 is 2.62 bits per heavy atom. The van der Waals surface area contributed by atoms with Crippen LogP contribution >= 0.6 is 0 Å². The summed E-state index contributed by atoms with van der Waals surface area (Å²) < 4.78 is 33.9. The number of ether oxygens (including phenoxy) is 1. The van der Waals surface area contributed by atoms with Gasteiger partial charge in [0.25, 0.3) is 11.5 Å². The number of nitrogens with zero attached hydrogens (tertiary/aromatic N) is 2. The van der Waals surface area contributed by atoms with Gasteiger partial charge in [-0.05, 0) is 23.6 Å². The maximum absolute atomic E-state index is 14.4. The Labute approximate surface area is 184 Å². The maximum Gasteiger partial charge on any atom is 0.271 e. The van der Waals surface area contributed by atoms with Gasteiger partial charge >= 0.3 is 0 Å². The van der Waals surface area contributed by atoms with Gasteiger partial charge in [-0.15, -0.1) is 0 Å². The summed E-state index contributed by atoms with van der Waals surface area (Å²) in [5.74, 6) is -2.69. The number of methoxy groups -OCH3 is 1. The minimum atomic E-state index is -3.16. The van der Waals surface area contributed by atoms with E-state index in [-0.39, 0.29) is 35.1 Å². The van der Waals surface area contributed by atoms with E-state index in [1.165, 1.54) is 31.6 Å². The molecule has 0 fully saturated rings. The third kappa shape index (κ3) is 5.54. The molecule has 2 heterocycles. The maximum atomic E-state index is 14.4. The average molecular weight is 444 g/mol. The minimum absolute atomic E-state index is 0.0121. The van der Waals surface area contributed by atoms with Crippen molar-refractivity contribution in [3.05, 3.63) is 64.2 Å². The van der Waals surface area contributed by atoms with E-state index in [1.807, 2.05) is 13.8 Å². The van der Waals surface area contributed by atoms with Crippen molar-refractivity contribution in [2.45, 2.75) is 39.5 Å². The molecule has 32 heavy (non-hydrogen) atoms. The summed E-state index contributed by atoms with van der Waals surface area (Å²) in [6.45, 7) is 4.76. The van der Waals surface area contributed by atoms with Crippen LogP contribution in [0.5, 0.6) is 5.75 Å². The van der Waals surface area contributed by atoms with E-state index in [1.54, 1.807) is 18.2 Å². The predicted octanol–water partition coefficient (Wildman–Crippen LogP) is 3.68. The van der Waals surface area contributed by atoms with Gasteiger partial charge in [0.15, 0.2) is 0 Å². The number of hydrogen-bond donors (Lipinski definition) is 3. The van der Waals surface area contributed by atoms with E-state index in [0.717, 1.165) is 6.92 Å². The second-order valence-corrected chi connectivity index (χ2v) is 7.93. The van der Waals surface area contributed by atoms with Gasteiger partial charge in [0.05, 0.1) is 19.0 Å². The van der Waals surface area contributed by atoms with Crippen LogP contribution in [0.4, 0.5) is 8.78 Å². The fraction of sp³-hybridized carbons (Fsp3) is 0.348. The van der Waals surface area contributed by atoms with E-state index < -0.39 is 17.7 Å². The highest BCUT2D eigenvalue weighted by Crippen LogP contribution is 2.35. The normalized spacial score (nSPS) is 12.8. The summed E-state index contributed by atoms with van der Waals surface area (Å²) in [5.41, 5.74) is 0.791. The molecule has 0 saturated heterocycles. The summed E-state index contributed by atoms with van der Waals surface area (Å²) in [6, 6.07) is 7.34. The zero-order chi connectivity index (χ0) is 23.5. The molecule has 0 aliphatic carbocycles. The second kappa shape index (κ2) is 9.54. The van der Waals surface area contributed by atoms with Crippen molar-refractivity contribution in [1.82, 2.24) is 20.3 Å². The highest BCUT2D eigenvalue weighted by molar-refractivity contribution is 5.67. The van der Waals surface area contributed by atoms with Crippen molar-refractivity contribution < 1.29 is 18.6 Å². The zero-order valence-electron chi connectivity index (χ0n) is 18.3. The lowest BCUT2D eigenvalue weighted by molar-refractivity contribution is 0.0180. The van der Waals surface area contributed by atoms with Crippen LogP contribution in [-0.2, 0) is 12.5 Å². The molecule has 0 aliphatic rings. The molecule has 170 valence electrons. The molecule has 1 unspecified atom stereocenters. The molecule has 3 aromatic rings. The van der Waals surface area contributed by atoms with Crippen LogP contribution in [0.15, 0.2) is 47.5 Å². The number of aromatic amines is 1. The van der Waals surface area contributed by atoms with Gasteiger partial charge in [0.2, 0.25) is 0 Å². The van der Waals surface area contributed by atoms with Crippen molar-refractivity contribution in [2.24, 2.45) is 5.92 Å². The minimum Gasteiger partial charge on any atom is -0.495 e. The van der Waals surface area contributed by atoms with Gasteiger partial charge in [-0.1, -0.05) is 26.0 Å². The van der Waals surface area contributed by atoms with Gasteiger partial charge in [-0.25, -0.2) is 13.8 Å². The first-order valence-corrected chi connectivity index (χ1v) is 10.1. The zero-order valence-corrected chi connectivity index (χ0v) is 18.3. The highest BCUT2D eigenvalue weighted by Gasteiger charge is 2.29. The average Bonchev–Trinajstić information content (AvgIpc) is 2.76. The lowest BCUT2D eigenvalue weighted by Crippen LogP contribution is -2.32. The molecule has 1 aromatic carbocycles. The Kier molecular flexibility index (Phi) is 7.00. The SMILES string of the molecule is COc1cncc(-c2cc(=O)[nH]c(-c3cc(CNC(O)C(C)C)ccc3C(C)(F)F)n2)c1. The number of H-pyrrole nitrogens is 1. The van der Waals surface area contributed by atoms with Crippen LogP contribution in [0.25, 0.3) is 22.6 Å². The molecule has 9 heteroatoms. The number of pyridine rings is 1. The lowest BCUT2D eigenvalue weighted by atomic mass is 9.98. The fourth-order valence-corrected chi connectivity index (χ4v) is 3.14. The summed E-state index contributed by atoms with van der Waals surface area (Å²) in [5, 5.41) is 12.9. The van der Waals surface area contributed by atoms with Crippen LogP contribution in [0.1, 0.15) is 31.9 Å². The third-order valence-corrected chi connectivity index (χ3v) is 4.95. The molecular formula is C23H26F2N4O3. The molecular weight excluding hydrogens is 418 g/mol. The molecule has 0 amide bonds. The number of alkyl halides is 2. The van der Waals surface area contributed by atoms with E-state index in [9.17, 15) is 18.7 Å². The van der Waals surface area contributed by atoms with Gasteiger partial charge in [0, 0.05) is 42.4 Å². The molecule has 3 rings (SSSR count). The van der Waals surface area contributed by atoms with Crippen molar-refractivity contribution >= 4 is 0 Å². The van der Waals surface area contributed by atoms with Crippen LogP contribution in [0.3, 0.4) is 0 Å². The number of aliphatic hydroxyl groups is 1. The molecule has 0 saturated carbocycles. The van der Waals surface area contributed by atoms with Gasteiger partial charge in [-0.3, -0.25) is 15.1 Å². The van der Waals surface area contributed by atoms with Crippen molar-refractivity contribution in [2.75, 3.05) is 7.11 Å². The fourth-order valence-electron chi connectivity index (χ4n) is 3.14. The Hall–Kier alpha value is -3.17. The number of benzene rings is 1. The first-order chi connectivity index (χ1) is 15.1. The number of halogens is 2. The summed E-state index contributed by atoms with van der Waals surface area (Å²) in [4.78, 5) is 23.4. The lowest BCUT2D eigenvalue weighted by Gasteiger charge is -2.19. The number of aromatic nitrogens is 3. The molecule has 3 N–H and O–H groups in total. The van der Waals surface area contributed by atoms with Crippen LogP contribution < -0.4 is 15.6 Å². The Bertz CT molecular complexity index is 1140. The largest absolute Gasteiger partial charge is 0.495 e. The van der Waals surface area contributed by atoms with Gasteiger partial charge < -0.3 is 14.8 Å². The number of hydrogen-bond acceptors (Lipinski definition) is 6. The van der Waals surface area contributed by atoms with E-state index in [0.29, 0.717) is 16.9 Å². The molecule has 0 aliphatic heterocycles. The monoisotopic (exact) mass is 444 g/mol. The molecule has 0 radical (unpaired) electrons. The van der Waals surface area contributed by atoms with Crippen LogP contribution in [-0.4, -0.2) is 33.4 Å². The highest BCUT2D eigenvalue weighted by atomic mass is 19.3. The topological polar surface area (TPSA) is 100 Å². The van der Waals surface area contributed by atoms with Crippen molar-refractivity contribution in [3.63, 3.8) is 0 Å². The summed E-state index contributed by atoms with van der Waals surface area (Å²) in [7, 11) is 1.49. The van der Waals surface area contributed by atoms with Crippen LogP contribution in [0, 0.1) is 5.92 Å².